The number of hydrogen-bond donors (Lipinski definition) is 1. The van der Waals surface area contributed by atoms with E-state index in [0.29, 0.717) is 0 Å². The number of benzene rings is 1. The zero-order valence-corrected chi connectivity index (χ0v) is 13.1. The van der Waals surface area contributed by atoms with E-state index in [2.05, 4.69) is 35.3 Å². The second-order valence-corrected chi connectivity index (χ2v) is 6.81. The summed E-state index contributed by atoms with van der Waals surface area (Å²) in [5.41, 5.74) is 2.51. The lowest BCUT2D eigenvalue weighted by Gasteiger charge is -2.35. The van der Waals surface area contributed by atoms with Gasteiger partial charge in [0.2, 0.25) is 0 Å². The van der Waals surface area contributed by atoms with Crippen molar-refractivity contribution in [3.63, 3.8) is 0 Å². The van der Waals surface area contributed by atoms with Gasteiger partial charge in [-0.2, -0.15) is 0 Å². The maximum Gasteiger partial charge on any atom is 0.0438 e. The summed E-state index contributed by atoms with van der Waals surface area (Å²) in [5.74, 6) is 0.898. The first kappa shape index (κ1) is 14.4. The lowest BCUT2D eigenvalue weighted by molar-refractivity contribution is 0.157. The van der Waals surface area contributed by atoms with Crippen LogP contribution < -0.4 is 5.32 Å². The van der Waals surface area contributed by atoms with Gasteiger partial charge in [-0.05, 0) is 75.4 Å². The van der Waals surface area contributed by atoms with Gasteiger partial charge in [0.15, 0.2) is 0 Å². The largest absolute Gasteiger partial charge is 0.314 e. The summed E-state index contributed by atoms with van der Waals surface area (Å²) < 4.78 is 0. The molecular weight excluding hydrogens is 268 g/mol. The van der Waals surface area contributed by atoms with Crippen LogP contribution in [0.5, 0.6) is 0 Å². The molecule has 20 heavy (non-hydrogen) atoms. The molecule has 0 bridgehead atoms. The lowest BCUT2D eigenvalue weighted by Crippen LogP contribution is -2.40. The molecule has 0 spiro atoms. The van der Waals surface area contributed by atoms with Crippen LogP contribution in [0.3, 0.4) is 0 Å². The highest BCUT2D eigenvalue weighted by Gasteiger charge is 2.28. The first-order valence-electron chi connectivity index (χ1n) is 7.93. The molecule has 1 aromatic rings. The van der Waals surface area contributed by atoms with Gasteiger partial charge < -0.3 is 5.32 Å². The number of likely N-dealkylation sites (tertiary alicyclic amines) is 1. The number of rotatable bonds is 3. The van der Waals surface area contributed by atoms with E-state index < -0.39 is 0 Å². The third kappa shape index (κ3) is 3.36. The molecule has 0 radical (unpaired) electrons. The maximum absolute atomic E-state index is 6.21. The minimum absolute atomic E-state index is 0.797. The third-order valence-corrected chi connectivity index (χ3v) is 5.35. The standard InChI is InChI=1S/C17H25ClN2/c1-13-4-5-14(11-16(13)18)12-20-9-6-15(7-10-20)17-3-2-8-19-17/h4-5,11,15,17,19H,2-3,6-10,12H2,1H3. The van der Waals surface area contributed by atoms with Crippen LogP contribution in [0.1, 0.15) is 36.8 Å². The van der Waals surface area contributed by atoms with E-state index in [1.165, 1.54) is 56.4 Å². The summed E-state index contributed by atoms with van der Waals surface area (Å²) in [6, 6.07) is 7.27. The maximum atomic E-state index is 6.21. The van der Waals surface area contributed by atoms with Gasteiger partial charge in [-0.15, -0.1) is 0 Å². The Kier molecular flexibility index (Phi) is 4.65. The SMILES string of the molecule is Cc1ccc(CN2CCC(C3CCCN3)CC2)cc1Cl. The zero-order valence-electron chi connectivity index (χ0n) is 12.4. The predicted molar refractivity (Wildman–Crippen MR) is 85.2 cm³/mol. The average molecular weight is 293 g/mol. The van der Waals surface area contributed by atoms with Gasteiger partial charge in [0.1, 0.15) is 0 Å². The van der Waals surface area contributed by atoms with Crippen molar-refractivity contribution >= 4 is 11.6 Å². The first-order valence-corrected chi connectivity index (χ1v) is 8.31. The Morgan fingerprint density at radius 3 is 2.70 bits per heavy atom. The second kappa shape index (κ2) is 6.46. The van der Waals surface area contributed by atoms with Crippen LogP contribution in [0, 0.1) is 12.8 Å². The van der Waals surface area contributed by atoms with Gasteiger partial charge in [0.25, 0.3) is 0 Å². The summed E-state index contributed by atoms with van der Waals surface area (Å²) in [5, 5.41) is 4.56. The lowest BCUT2D eigenvalue weighted by atomic mass is 9.88. The summed E-state index contributed by atoms with van der Waals surface area (Å²) in [7, 11) is 0. The van der Waals surface area contributed by atoms with Crippen molar-refractivity contribution in [3.05, 3.63) is 34.3 Å². The molecule has 0 saturated carbocycles. The summed E-state index contributed by atoms with van der Waals surface area (Å²) in [6.45, 7) is 6.80. The monoisotopic (exact) mass is 292 g/mol. The minimum Gasteiger partial charge on any atom is -0.314 e. The quantitative estimate of drug-likeness (QED) is 0.915. The van der Waals surface area contributed by atoms with Crippen LogP contribution in [0.15, 0.2) is 18.2 Å². The molecule has 3 heteroatoms. The third-order valence-electron chi connectivity index (χ3n) is 4.94. The van der Waals surface area contributed by atoms with Gasteiger partial charge in [-0.25, -0.2) is 0 Å². The molecule has 2 saturated heterocycles. The number of hydrogen-bond acceptors (Lipinski definition) is 2. The Labute approximate surface area is 127 Å². The Hall–Kier alpha value is -0.570. The molecule has 1 N–H and O–H groups in total. The highest BCUT2D eigenvalue weighted by Crippen LogP contribution is 2.27. The minimum atomic E-state index is 0.797. The fraction of sp³-hybridized carbons (Fsp3) is 0.647. The van der Waals surface area contributed by atoms with E-state index in [1.807, 2.05) is 0 Å². The van der Waals surface area contributed by atoms with Crippen molar-refractivity contribution in [3.8, 4) is 0 Å². The number of nitrogens with one attached hydrogen (secondary N) is 1. The highest BCUT2D eigenvalue weighted by molar-refractivity contribution is 6.31. The molecule has 0 aromatic heterocycles. The molecule has 2 nitrogen and oxygen atoms in total. The first-order chi connectivity index (χ1) is 9.72. The molecule has 1 aromatic carbocycles. The number of halogens is 1. The molecule has 2 heterocycles. The molecule has 110 valence electrons. The summed E-state index contributed by atoms with van der Waals surface area (Å²) in [4.78, 5) is 2.58. The van der Waals surface area contributed by atoms with Crippen LogP contribution in [0.4, 0.5) is 0 Å². The van der Waals surface area contributed by atoms with Crippen molar-refractivity contribution in [2.45, 2.75) is 45.2 Å². The van der Waals surface area contributed by atoms with Gasteiger partial charge in [-0.3, -0.25) is 4.90 Å². The molecule has 0 aliphatic carbocycles. The molecule has 3 rings (SSSR count). The van der Waals surface area contributed by atoms with E-state index in [9.17, 15) is 0 Å². The number of aryl methyl sites for hydroxylation is 1. The van der Waals surface area contributed by atoms with Gasteiger partial charge in [0.05, 0.1) is 0 Å². The van der Waals surface area contributed by atoms with Crippen LogP contribution >= 0.6 is 11.6 Å². The molecular formula is C17H25ClN2. The molecule has 2 aliphatic heterocycles. The van der Waals surface area contributed by atoms with Crippen LogP contribution in [-0.2, 0) is 6.54 Å². The average Bonchev–Trinajstić information content (AvgIpc) is 2.98. The van der Waals surface area contributed by atoms with Gasteiger partial charge >= 0.3 is 0 Å². The van der Waals surface area contributed by atoms with Crippen LogP contribution in [-0.4, -0.2) is 30.6 Å². The molecule has 1 unspecified atom stereocenters. The van der Waals surface area contributed by atoms with Crippen LogP contribution in [0.2, 0.25) is 5.02 Å². The second-order valence-electron chi connectivity index (χ2n) is 6.40. The molecule has 2 fully saturated rings. The van der Waals surface area contributed by atoms with Crippen molar-refractivity contribution in [1.29, 1.82) is 0 Å². The normalized spacial score (nSPS) is 25.2. The van der Waals surface area contributed by atoms with E-state index in [0.717, 1.165) is 23.5 Å². The highest BCUT2D eigenvalue weighted by atomic mass is 35.5. The van der Waals surface area contributed by atoms with Crippen molar-refractivity contribution in [1.82, 2.24) is 10.2 Å². The van der Waals surface area contributed by atoms with Crippen molar-refractivity contribution in [2.24, 2.45) is 5.92 Å². The van der Waals surface area contributed by atoms with E-state index in [4.69, 9.17) is 11.6 Å². The summed E-state index contributed by atoms with van der Waals surface area (Å²) in [6.07, 6.45) is 5.44. The topological polar surface area (TPSA) is 15.3 Å². The fourth-order valence-corrected chi connectivity index (χ4v) is 3.82. The molecule has 0 amide bonds. The Morgan fingerprint density at radius 1 is 1.25 bits per heavy atom. The summed E-state index contributed by atoms with van der Waals surface area (Å²) >= 11 is 6.21. The Balaban J connectivity index is 1.51. The number of piperidine rings is 1. The number of nitrogens with zero attached hydrogens (tertiary/aromatic N) is 1. The molecule has 2 aliphatic rings. The van der Waals surface area contributed by atoms with Crippen LogP contribution in [0.25, 0.3) is 0 Å². The van der Waals surface area contributed by atoms with E-state index in [-0.39, 0.29) is 0 Å². The van der Waals surface area contributed by atoms with Crippen molar-refractivity contribution in [2.75, 3.05) is 19.6 Å². The Bertz CT molecular complexity index is 446. The van der Waals surface area contributed by atoms with E-state index >= 15 is 0 Å². The molecule has 1 atom stereocenters. The smallest absolute Gasteiger partial charge is 0.0438 e. The Morgan fingerprint density at radius 2 is 2.05 bits per heavy atom. The zero-order chi connectivity index (χ0) is 13.9. The predicted octanol–water partition coefficient (Wildman–Crippen LogP) is 3.61. The van der Waals surface area contributed by atoms with Gasteiger partial charge in [-0.1, -0.05) is 23.7 Å². The van der Waals surface area contributed by atoms with E-state index in [1.54, 1.807) is 0 Å². The van der Waals surface area contributed by atoms with Crippen molar-refractivity contribution < 1.29 is 0 Å². The fourth-order valence-electron chi connectivity index (χ4n) is 3.62. The van der Waals surface area contributed by atoms with Gasteiger partial charge in [0, 0.05) is 17.6 Å².